The molecule has 3 rings (SSSR count). The first kappa shape index (κ1) is 29.3. The Morgan fingerprint density at radius 2 is 1.40 bits per heavy atom. The van der Waals surface area contributed by atoms with E-state index in [9.17, 15) is 0 Å². The van der Waals surface area contributed by atoms with Crippen LogP contribution < -0.4 is 5.73 Å². The molecule has 1 fully saturated rings. The molecule has 1 aliphatic rings. The highest BCUT2D eigenvalue weighted by atomic mass is 32.1. The van der Waals surface area contributed by atoms with Crippen LogP contribution in [0.3, 0.4) is 0 Å². The number of nitrogens with zero attached hydrogens (tertiary/aromatic N) is 2. The molecule has 0 atom stereocenters. The highest BCUT2D eigenvalue weighted by molar-refractivity contribution is 7.12. The minimum absolute atomic E-state index is 0.595. The van der Waals surface area contributed by atoms with Crippen molar-refractivity contribution in [2.24, 2.45) is 10.7 Å². The van der Waals surface area contributed by atoms with Crippen molar-refractivity contribution in [1.82, 2.24) is 4.90 Å². The summed E-state index contributed by atoms with van der Waals surface area (Å²) in [6.07, 6.45) is 6.53. The Morgan fingerprint density at radius 1 is 0.857 bits per heavy atom. The second-order valence-corrected chi connectivity index (χ2v) is 8.31. The molecule has 11 nitrogen and oxygen atoms in total. The van der Waals surface area contributed by atoms with Crippen molar-refractivity contribution < 1.29 is 39.6 Å². The molecule has 12 heteroatoms. The summed E-state index contributed by atoms with van der Waals surface area (Å²) < 4.78 is 0. The molecule has 35 heavy (non-hydrogen) atoms. The third kappa shape index (κ3) is 12.9. The van der Waals surface area contributed by atoms with Gasteiger partial charge in [0.1, 0.15) is 5.84 Å². The molecule has 0 bridgehead atoms. The van der Waals surface area contributed by atoms with E-state index in [2.05, 4.69) is 34.2 Å². The molecule has 0 aliphatic carbocycles. The van der Waals surface area contributed by atoms with Gasteiger partial charge in [-0.15, -0.1) is 11.3 Å². The van der Waals surface area contributed by atoms with Gasteiger partial charge in [-0.25, -0.2) is 24.2 Å². The maximum atomic E-state index is 9.10. The topological polar surface area (TPSA) is 191 Å². The maximum absolute atomic E-state index is 9.10. The van der Waals surface area contributed by atoms with E-state index in [1.807, 2.05) is 17.5 Å². The van der Waals surface area contributed by atoms with Crippen molar-refractivity contribution in [3.8, 4) is 0 Å². The van der Waals surface area contributed by atoms with Crippen molar-refractivity contribution in [1.29, 1.82) is 0 Å². The number of carboxylic acids is 4. The molecule has 0 saturated carbocycles. The smallest absolute Gasteiger partial charge is 0.414 e. The zero-order valence-corrected chi connectivity index (χ0v) is 19.8. The number of aliphatic imine (C=N–C) groups is 1. The minimum atomic E-state index is -1.82. The molecule has 0 amide bonds. The van der Waals surface area contributed by atoms with Crippen LogP contribution in [0.25, 0.3) is 0 Å². The van der Waals surface area contributed by atoms with Crippen molar-refractivity contribution in [2.75, 3.05) is 19.6 Å². The van der Waals surface area contributed by atoms with Gasteiger partial charge < -0.3 is 31.1 Å². The monoisotopic (exact) mass is 507 g/mol. The highest BCUT2D eigenvalue weighted by Gasteiger charge is 2.09. The van der Waals surface area contributed by atoms with E-state index in [1.54, 1.807) is 11.3 Å². The van der Waals surface area contributed by atoms with Gasteiger partial charge >= 0.3 is 23.9 Å². The molecule has 0 unspecified atom stereocenters. The van der Waals surface area contributed by atoms with Crippen molar-refractivity contribution >= 4 is 46.7 Å². The van der Waals surface area contributed by atoms with Crippen LogP contribution in [0.15, 0.2) is 46.8 Å². The number of piperidine rings is 1. The van der Waals surface area contributed by atoms with E-state index >= 15 is 0 Å². The predicted octanol–water partition coefficient (Wildman–Crippen LogP) is 2.51. The van der Waals surface area contributed by atoms with Crippen LogP contribution in [0.4, 0.5) is 5.69 Å². The summed E-state index contributed by atoms with van der Waals surface area (Å²) in [4.78, 5) is 44.5. The predicted molar refractivity (Wildman–Crippen MR) is 130 cm³/mol. The third-order valence-electron chi connectivity index (χ3n) is 4.71. The van der Waals surface area contributed by atoms with Crippen LogP contribution in [-0.4, -0.2) is 74.7 Å². The SMILES string of the molecule is NC(=Nc1ccc(CCCN2CCCCC2)cc1)c1cccs1.O=C(O)C(=O)O.O=C(O)C(=O)O. The average molecular weight is 508 g/mol. The van der Waals surface area contributed by atoms with Gasteiger partial charge in [-0.05, 0) is 74.5 Å². The molecule has 1 aromatic carbocycles. The fourth-order valence-corrected chi connectivity index (χ4v) is 3.67. The number of hydrogen-bond donors (Lipinski definition) is 5. The number of carboxylic acid groups (broad SMARTS) is 4. The zero-order chi connectivity index (χ0) is 26.2. The number of thiophene rings is 1. The molecular formula is C23H29N3O8S. The number of benzene rings is 1. The molecular weight excluding hydrogens is 478 g/mol. The van der Waals surface area contributed by atoms with Crippen LogP contribution in [-0.2, 0) is 25.6 Å². The number of nitrogens with two attached hydrogens (primary N) is 1. The maximum Gasteiger partial charge on any atom is 0.414 e. The fraction of sp³-hybridized carbons (Fsp3) is 0.348. The quantitative estimate of drug-likeness (QED) is 0.220. The summed E-state index contributed by atoms with van der Waals surface area (Å²) in [5, 5.41) is 31.6. The summed E-state index contributed by atoms with van der Waals surface area (Å²) in [6, 6.07) is 12.5. The molecule has 0 radical (unpaired) electrons. The van der Waals surface area contributed by atoms with Crippen molar-refractivity contribution in [3.05, 3.63) is 52.2 Å². The van der Waals surface area contributed by atoms with Crippen LogP contribution in [0, 0.1) is 0 Å². The van der Waals surface area contributed by atoms with Gasteiger partial charge in [0.2, 0.25) is 0 Å². The molecule has 0 spiro atoms. The summed E-state index contributed by atoms with van der Waals surface area (Å²) in [5.41, 5.74) is 8.34. The Bertz CT molecular complexity index is 937. The molecule has 1 aromatic heterocycles. The van der Waals surface area contributed by atoms with E-state index in [0.717, 1.165) is 17.0 Å². The van der Waals surface area contributed by atoms with Crippen LogP contribution >= 0.6 is 11.3 Å². The van der Waals surface area contributed by atoms with E-state index in [-0.39, 0.29) is 0 Å². The van der Waals surface area contributed by atoms with Gasteiger partial charge in [-0.3, -0.25) is 0 Å². The number of rotatable bonds is 6. The van der Waals surface area contributed by atoms with Gasteiger partial charge in [-0.2, -0.15) is 0 Å². The standard InChI is InChI=1S/C19H25N3S.2C2H2O4/c20-19(18-7-5-15-23-18)21-17-10-8-16(9-11-17)6-4-14-22-12-2-1-3-13-22;2*3-1(4)2(5)6/h5,7-11,15H,1-4,6,12-14H2,(H2,20,21);2*(H,3,4)(H,5,6). The molecule has 6 N–H and O–H groups in total. The molecule has 190 valence electrons. The normalized spacial score (nSPS) is 13.4. The summed E-state index contributed by atoms with van der Waals surface area (Å²) in [7, 11) is 0. The number of hydrogen-bond acceptors (Lipinski definition) is 7. The number of likely N-dealkylation sites (tertiary alicyclic amines) is 1. The number of aliphatic carboxylic acids is 4. The number of amidine groups is 1. The van der Waals surface area contributed by atoms with Gasteiger partial charge in [0, 0.05) is 0 Å². The van der Waals surface area contributed by atoms with Crippen LogP contribution in [0.2, 0.25) is 0 Å². The number of aryl methyl sites for hydroxylation is 1. The van der Waals surface area contributed by atoms with Gasteiger partial charge in [-0.1, -0.05) is 24.6 Å². The first-order chi connectivity index (χ1) is 16.6. The first-order valence-electron chi connectivity index (χ1n) is 10.7. The van der Waals surface area contributed by atoms with Crippen molar-refractivity contribution in [3.63, 3.8) is 0 Å². The lowest BCUT2D eigenvalue weighted by Gasteiger charge is -2.26. The van der Waals surface area contributed by atoms with Gasteiger partial charge in [0.25, 0.3) is 0 Å². The average Bonchev–Trinajstić information content (AvgIpc) is 3.37. The first-order valence-corrected chi connectivity index (χ1v) is 11.6. The summed E-state index contributed by atoms with van der Waals surface area (Å²) >= 11 is 1.62. The Hall–Kier alpha value is -3.77. The van der Waals surface area contributed by atoms with E-state index in [4.69, 9.17) is 45.3 Å². The Kier molecular flexibility index (Phi) is 13.3. The van der Waals surface area contributed by atoms with E-state index in [0.29, 0.717) is 5.84 Å². The lowest BCUT2D eigenvalue weighted by Crippen LogP contribution is -2.30. The second-order valence-electron chi connectivity index (χ2n) is 7.37. The lowest BCUT2D eigenvalue weighted by molar-refractivity contribution is -0.159. The minimum Gasteiger partial charge on any atom is -0.473 e. The number of carbonyl (C=O) groups is 4. The summed E-state index contributed by atoms with van der Waals surface area (Å²) in [5.74, 6) is -6.70. The van der Waals surface area contributed by atoms with Crippen LogP contribution in [0.5, 0.6) is 0 Å². The van der Waals surface area contributed by atoms with Crippen LogP contribution in [0.1, 0.15) is 36.1 Å². The largest absolute Gasteiger partial charge is 0.473 e. The Balaban J connectivity index is 0.000000425. The highest BCUT2D eigenvalue weighted by Crippen LogP contribution is 2.17. The van der Waals surface area contributed by atoms with Gasteiger partial charge in [0.15, 0.2) is 0 Å². The zero-order valence-electron chi connectivity index (χ0n) is 19.0. The van der Waals surface area contributed by atoms with Gasteiger partial charge in [0.05, 0.1) is 10.6 Å². The Labute approximate surface area is 206 Å². The molecule has 1 aliphatic heterocycles. The molecule has 1 saturated heterocycles. The molecule has 2 aromatic rings. The Morgan fingerprint density at radius 3 is 1.86 bits per heavy atom. The van der Waals surface area contributed by atoms with Crippen molar-refractivity contribution in [2.45, 2.75) is 32.1 Å². The third-order valence-corrected chi connectivity index (χ3v) is 5.61. The second kappa shape index (κ2) is 16.0. The van der Waals surface area contributed by atoms with E-state index in [1.165, 1.54) is 50.9 Å². The lowest BCUT2D eigenvalue weighted by atomic mass is 10.1. The summed E-state index contributed by atoms with van der Waals surface area (Å²) in [6.45, 7) is 3.80. The fourth-order valence-electron chi connectivity index (χ4n) is 3.05. The molecule has 2 heterocycles. The van der Waals surface area contributed by atoms with E-state index < -0.39 is 23.9 Å².